The number of nitrogens with one attached hydrogen (secondary N) is 1. The maximum absolute atomic E-state index is 4.52. The molecule has 0 bridgehead atoms. The monoisotopic (exact) mass is 324 g/mol. The summed E-state index contributed by atoms with van der Waals surface area (Å²) in [5.74, 6) is 0. The van der Waals surface area contributed by atoms with Crippen LogP contribution in [0.1, 0.15) is 24.3 Å². The molecule has 1 heterocycles. The number of halogens is 1. The van der Waals surface area contributed by atoms with E-state index in [0.29, 0.717) is 6.04 Å². The van der Waals surface area contributed by atoms with Crippen molar-refractivity contribution in [2.45, 2.75) is 33.4 Å². The molecule has 0 saturated heterocycles. The maximum atomic E-state index is 4.52. The van der Waals surface area contributed by atoms with Gasteiger partial charge in [-0.25, -0.2) is 4.98 Å². The molecule has 1 N–H and O–H groups in total. The first kappa shape index (κ1) is 13.7. The van der Waals surface area contributed by atoms with E-state index in [1.165, 1.54) is 16.0 Å². The van der Waals surface area contributed by atoms with E-state index in [4.69, 9.17) is 0 Å². The predicted octanol–water partition coefficient (Wildman–Crippen LogP) is 4.38. The Bertz CT molecular complexity index is 534. The zero-order valence-corrected chi connectivity index (χ0v) is 13.2. The van der Waals surface area contributed by atoms with E-state index in [0.717, 1.165) is 16.0 Å². The molecule has 0 aliphatic carbocycles. The van der Waals surface area contributed by atoms with Crippen molar-refractivity contribution in [2.24, 2.45) is 0 Å². The van der Waals surface area contributed by atoms with Crippen molar-refractivity contribution in [3.8, 4) is 10.6 Å². The number of hydrogen-bond donors (Lipinski definition) is 1. The summed E-state index contributed by atoms with van der Waals surface area (Å²) in [7, 11) is 0. The number of rotatable bonds is 4. The molecule has 2 aromatic rings. The largest absolute Gasteiger partial charge is 0.310 e. The molecule has 0 fully saturated rings. The fourth-order valence-electron chi connectivity index (χ4n) is 1.69. The van der Waals surface area contributed by atoms with Crippen LogP contribution in [0.25, 0.3) is 10.6 Å². The van der Waals surface area contributed by atoms with Gasteiger partial charge in [0.05, 0.1) is 0 Å². The molecule has 96 valence electrons. The Labute approximate surface area is 121 Å². The second-order valence-electron chi connectivity index (χ2n) is 4.63. The average molecular weight is 325 g/mol. The van der Waals surface area contributed by atoms with E-state index in [1.54, 1.807) is 11.3 Å². The standard InChI is InChI=1S/C14H17BrN2S/c1-9(2)16-7-12-8-17-14(18-12)13-5-4-11(15)6-10(13)3/h4-6,8-9,16H,7H2,1-3H3. The van der Waals surface area contributed by atoms with Crippen molar-refractivity contribution >= 4 is 27.3 Å². The topological polar surface area (TPSA) is 24.9 Å². The van der Waals surface area contributed by atoms with Crippen LogP contribution in [0, 0.1) is 6.92 Å². The van der Waals surface area contributed by atoms with Gasteiger partial charge in [-0.2, -0.15) is 0 Å². The second kappa shape index (κ2) is 5.95. The van der Waals surface area contributed by atoms with Crippen LogP contribution in [0.15, 0.2) is 28.9 Å². The van der Waals surface area contributed by atoms with Crippen LogP contribution in [0.2, 0.25) is 0 Å². The summed E-state index contributed by atoms with van der Waals surface area (Å²) in [5, 5.41) is 4.51. The van der Waals surface area contributed by atoms with Gasteiger partial charge in [-0.15, -0.1) is 11.3 Å². The van der Waals surface area contributed by atoms with Gasteiger partial charge in [0.25, 0.3) is 0 Å². The van der Waals surface area contributed by atoms with E-state index in [-0.39, 0.29) is 0 Å². The number of aryl methyl sites for hydroxylation is 1. The van der Waals surface area contributed by atoms with E-state index in [9.17, 15) is 0 Å². The highest BCUT2D eigenvalue weighted by molar-refractivity contribution is 9.10. The van der Waals surface area contributed by atoms with Crippen molar-refractivity contribution in [3.05, 3.63) is 39.3 Å². The van der Waals surface area contributed by atoms with Crippen LogP contribution >= 0.6 is 27.3 Å². The predicted molar refractivity (Wildman–Crippen MR) is 82.0 cm³/mol. The minimum atomic E-state index is 0.505. The minimum Gasteiger partial charge on any atom is -0.310 e. The van der Waals surface area contributed by atoms with E-state index < -0.39 is 0 Å². The highest BCUT2D eigenvalue weighted by Crippen LogP contribution is 2.29. The fraction of sp³-hybridized carbons (Fsp3) is 0.357. The summed E-state index contributed by atoms with van der Waals surface area (Å²) in [5.41, 5.74) is 2.47. The molecule has 18 heavy (non-hydrogen) atoms. The molecule has 0 radical (unpaired) electrons. The smallest absolute Gasteiger partial charge is 0.123 e. The van der Waals surface area contributed by atoms with Gasteiger partial charge in [0.2, 0.25) is 0 Å². The quantitative estimate of drug-likeness (QED) is 0.902. The summed E-state index contributed by atoms with van der Waals surface area (Å²) in [6.07, 6.45) is 1.97. The zero-order valence-electron chi connectivity index (χ0n) is 10.8. The van der Waals surface area contributed by atoms with Crippen LogP contribution in [-0.4, -0.2) is 11.0 Å². The first-order valence-corrected chi connectivity index (χ1v) is 7.62. The lowest BCUT2D eigenvalue weighted by Gasteiger charge is -2.05. The maximum Gasteiger partial charge on any atom is 0.123 e. The Balaban J connectivity index is 2.18. The Kier molecular flexibility index (Phi) is 4.54. The van der Waals surface area contributed by atoms with E-state index in [2.05, 4.69) is 65.2 Å². The van der Waals surface area contributed by atoms with Crippen LogP contribution in [0.4, 0.5) is 0 Å². The Morgan fingerprint density at radius 2 is 2.17 bits per heavy atom. The fourth-order valence-corrected chi connectivity index (χ4v) is 3.11. The van der Waals surface area contributed by atoms with Gasteiger partial charge in [0.1, 0.15) is 5.01 Å². The zero-order chi connectivity index (χ0) is 13.1. The number of benzene rings is 1. The molecule has 0 aliphatic heterocycles. The first-order chi connectivity index (χ1) is 8.56. The Hall–Kier alpha value is -0.710. The molecule has 0 amide bonds. The van der Waals surface area contributed by atoms with Crippen molar-refractivity contribution in [3.63, 3.8) is 0 Å². The van der Waals surface area contributed by atoms with Crippen LogP contribution in [0.5, 0.6) is 0 Å². The second-order valence-corrected chi connectivity index (χ2v) is 6.66. The van der Waals surface area contributed by atoms with Crippen molar-refractivity contribution in [1.82, 2.24) is 10.3 Å². The highest BCUT2D eigenvalue weighted by Gasteiger charge is 2.08. The number of hydrogen-bond acceptors (Lipinski definition) is 3. The van der Waals surface area contributed by atoms with E-state index in [1.807, 2.05) is 6.20 Å². The summed E-state index contributed by atoms with van der Waals surface area (Å²) in [6, 6.07) is 6.82. The SMILES string of the molecule is Cc1cc(Br)ccc1-c1ncc(CNC(C)C)s1. The summed E-state index contributed by atoms with van der Waals surface area (Å²) < 4.78 is 1.11. The van der Waals surface area contributed by atoms with Gasteiger partial charge >= 0.3 is 0 Å². The van der Waals surface area contributed by atoms with Crippen LogP contribution in [-0.2, 0) is 6.54 Å². The van der Waals surface area contributed by atoms with Gasteiger partial charge in [0.15, 0.2) is 0 Å². The van der Waals surface area contributed by atoms with Crippen molar-refractivity contribution < 1.29 is 0 Å². The Morgan fingerprint density at radius 3 is 2.83 bits per heavy atom. The van der Waals surface area contributed by atoms with Gasteiger partial charge in [-0.05, 0) is 24.6 Å². The molecule has 2 nitrogen and oxygen atoms in total. The van der Waals surface area contributed by atoms with Gasteiger partial charge in [-0.3, -0.25) is 0 Å². The summed E-state index contributed by atoms with van der Waals surface area (Å²) >= 11 is 5.25. The van der Waals surface area contributed by atoms with E-state index >= 15 is 0 Å². The third kappa shape index (κ3) is 3.40. The molecular formula is C14H17BrN2S. The average Bonchev–Trinajstić information content (AvgIpc) is 2.75. The molecule has 1 aromatic heterocycles. The molecule has 2 rings (SSSR count). The summed E-state index contributed by atoms with van der Waals surface area (Å²) in [4.78, 5) is 5.80. The van der Waals surface area contributed by atoms with Crippen LogP contribution in [0.3, 0.4) is 0 Å². The molecule has 0 aliphatic rings. The molecule has 1 aromatic carbocycles. The molecule has 4 heteroatoms. The normalized spacial score (nSPS) is 11.2. The molecule has 0 atom stereocenters. The van der Waals surface area contributed by atoms with Crippen molar-refractivity contribution in [2.75, 3.05) is 0 Å². The lowest BCUT2D eigenvalue weighted by Crippen LogP contribution is -2.21. The first-order valence-electron chi connectivity index (χ1n) is 6.01. The molecule has 0 spiro atoms. The third-order valence-electron chi connectivity index (χ3n) is 2.66. The molecule has 0 unspecified atom stereocenters. The minimum absolute atomic E-state index is 0.505. The van der Waals surface area contributed by atoms with Crippen LogP contribution < -0.4 is 5.32 Å². The summed E-state index contributed by atoms with van der Waals surface area (Å²) in [6.45, 7) is 7.32. The van der Waals surface area contributed by atoms with Crippen molar-refractivity contribution in [1.29, 1.82) is 0 Å². The number of thiazole rings is 1. The number of aromatic nitrogens is 1. The lowest BCUT2D eigenvalue weighted by molar-refractivity contribution is 0.593. The van der Waals surface area contributed by atoms with Gasteiger partial charge in [-0.1, -0.05) is 35.8 Å². The van der Waals surface area contributed by atoms with Gasteiger partial charge in [0, 0.05) is 33.7 Å². The molecular weight excluding hydrogens is 308 g/mol. The number of nitrogens with zero attached hydrogens (tertiary/aromatic N) is 1. The Morgan fingerprint density at radius 1 is 1.39 bits per heavy atom. The van der Waals surface area contributed by atoms with Gasteiger partial charge < -0.3 is 5.32 Å². The highest BCUT2D eigenvalue weighted by atomic mass is 79.9. The third-order valence-corrected chi connectivity index (χ3v) is 4.18. The lowest BCUT2D eigenvalue weighted by atomic mass is 10.1. The molecule has 0 saturated carbocycles.